The summed E-state index contributed by atoms with van der Waals surface area (Å²) < 4.78 is 12.5. The lowest BCUT2D eigenvalue weighted by Crippen LogP contribution is -2.38. The van der Waals surface area contributed by atoms with E-state index in [-0.39, 0.29) is 0 Å². The molecule has 0 radical (unpaired) electrons. The Balaban J connectivity index is 1.83. The molecule has 1 N–H and O–H groups in total. The number of fused-ring (bicyclic) bond motifs is 2. The molecule has 0 amide bonds. The van der Waals surface area contributed by atoms with Gasteiger partial charge in [-0.2, -0.15) is 0 Å². The number of benzene rings is 3. The molecule has 0 aliphatic rings. The standard InChI is InChI=1S/C30H29BrN2O3/c1-33(2)16-15-30(34,25-10-7-11-27-23(25)14-17-36-27)28(20-8-5-4-6-9-20)24-19-21-18-22(31)12-13-26(21)32-29(24)35-3/h4-14,17-19,28,34H,15-16H2,1-3H3. The zero-order chi connectivity index (χ0) is 25.3. The Morgan fingerprint density at radius 3 is 2.58 bits per heavy atom. The summed E-state index contributed by atoms with van der Waals surface area (Å²) in [6.45, 7) is 0.683. The first-order valence-electron chi connectivity index (χ1n) is 11.9. The Morgan fingerprint density at radius 1 is 1.03 bits per heavy atom. The second-order valence-corrected chi connectivity index (χ2v) is 10.3. The highest BCUT2D eigenvalue weighted by atomic mass is 79.9. The Labute approximate surface area is 219 Å². The number of nitrogens with zero attached hydrogens (tertiary/aromatic N) is 2. The second kappa shape index (κ2) is 10.1. The molecular formula is C30H29BrN2O3. The van der Waals surface area contributed by atoms with Gasteiger partial charge in [-0.05, 0) is 68.0 Å². The van der Waals surface area contributed by atoms with Crippen molar-refractivity contribution in [2.45, 2.75) is 17.9 Å². The lowest BCUT2D eigenvalue weighted by molar-refractivity contribution is 0.00519. The molecule has 0 spiro atoms. The zero-order valence-corrected chi connectivity index (χ0v) is 22.2. The molecular weight excluding hydrogens is 516 g/mol. The van der Waals surface area contributed by atoms with Crippen LogP contribution in [-0.4, -0.2) is 42.7 Å². The van der Waals surface area contributed by atoms with Crippen LogP contribution in [0.15, 0.2) is 94.0 Å². The quantitative estimate of drug-likeness (QED) is 0.235. The van der Waals surface area contributed by atoms with E-state index < -0.39 is 11.5 Å². The second-order valence-electron chi connectivity index (χ2n) is 9.38. The number of aliphatic hydroxyl groups is 1. The summed E-state index contributed by atoms with van der Waals surface area (Å²) in [5.74, 6) is 0.0475. The maximum atomic E-state index is 12.9. The third-order valence-electron chi connectivity index (χ3n) is 6.79. The van der Waals surface area contributed by atoms with E-state index in [1.54, 1.807) is 13.4 Å². The van der Waals surface area contributed by atoms with Crippen LogP contribution in [0.4, 0.5) is 0 Å². The molecule has 2 heterocycles. The molecule has 36 heavy (non-hydrogen) atoms. The van der Waals surface area contributed by atoms with Crippen LogP contribution in [0.2, 0.25) is 0 Å². The van der Waals surface area contributed by atoms with Crippen molar-refractivity contribution in [1.29, 1.82) is 0 Å². The van der Waals surface area contributed by atoms with Gasteiger partial charge in [-0.3, -0.25) is 0 Å². The number of aromatic nitrogens is 1. The highest BCUT2D eigenvalue weighted by molar-refractivity contribution is 9.10. The molecule has 0 saturated heterocycles. The van der Waals surface area contributed by atoms with Gasteiger partial charge in [0.15, 0.2) is 0 Å². The number of ether oxygens (including phenoxy) is 1. The molecule has 0 saturated carbocycles. The van der Waals surface area contributed by atoms with Crippen molar-refractivity contribution in [2.24, 2.45) is 0 Å². The van der Waals surface area contributed by atoms with Crippen LogP contribution in [0.3, 0.4) is 0 Å². The third kappa shape index (κ3) is 4.52. The van der Waals surface area contributed by atoms with Gasteiger partial charge in [0.25, 0.3) is 0 Å². The minimum atomic E-state index is -1.29. The van der Waals surface area contributed by atoms with E-state index >= 15 is 0 Å². The third-order valence-corrected chi connectivity index (χ3v) is 7.28. The maximum Gasteiger partial charge on any atom is 0.217 e. The fourth-order valence-corrected chi connectivity index (χ4v) is 5.45. The first-order valence-corrected chi connectivity index (χ1v) is 12.7. The first-order chi connectivity index (χ1) is 17.4. The monoisotopic (exact) mass is 544 g/mol. The van der Waals surface area contributed by atoms with Gasteiger partial charge in [0.05, 0.1) is 18.9 Å². The maximum absolute atomic E-state index is 12.9. The number of hydrogen-bond acceptors (Lipinski definition) is 5. The molecule has 3 aromatic carbocycles. The summed E-state index contributed by atoms with van der Waals surface area (Å²) >= 11 is 3.59. The fraction of sp³-hybridized carbons (Fsp3) is 0.233. The smallest absolute Gasteiger partial charge is 0.217 e. The highest BCUT2D eigenvalue weighted by Gasteiger charge is 2.43. The molecule has 2 unspecified atom stereocenters. The molecule has 0 aliphatic heterocycles. The van der Waals surface area contributed by atoms with Crippen LogP contribution >= 0.6 is 15.9 Å². The minimum Gasteiger partial charge on any atom is -0.481 e. The lowest BCUT2D eigenvalue weighted by atomic mass is 9.71. The van der Waals surface area contributed by atoms with Crippen LogP contribution in [0.25, 0.3) is 21.9 Å². The number of furan rings is 1. The van der Waals surface area contributed by atoms with Gasteiger partial charge in [-0.1, -0.05) is 58.4 Å². The van der Waals surface area contributed by atoms with Gasteiger partial charge in [-0.15, -0.1) is 0 Å². The van der Waals surface area contributed by atoms with Gasteiger partial charge >= 0.3 is 0 Å². The molecule has 0 bridgehead atoms. The van der Waals surface area contributed by atoms with Crippen molar-refractivity contribution in [3.63, 3.8) is 0 Å². The molecule has 6 heteroatoms. The van der Waals surface area contributed by atoms with Gasteiger partial charge in [0.1, 0.15) is 11.2 Å². The fourth-order valence-electron chi connectivity index (χ4n) is 5.07. The number of halogens is 1. The Hall–Kier alpha value is -3.19. The molecule has 2 aromatic heterocycles. The summed E-state index contributed by atoms with van der Waals surface area (Å²) in [5, 5.41) is 14.8. The summed E-state index contributed by atoms with van der Waals surface area (Å²) in [6, 6.07) is 26.0. The van der Waals surface area contributed by atoms with E-state index in [0.717, 1.165) is 43.0 Å². The Bertz CT molecular complexity index is 1500. The van der Waals surface area contributed by atoms with E-state index in [4.69, 9.17) is 14.1 Å². The van der Waals surface area contributed by atoms with Crippen molar-refractivity contribution < 1.29 is 14.3 Å². The average Bonchev–Trinajstić information content (AvgIpc) is 3.37. The highest BCUT2D eigenvalue weighted by Crippen LogP contribution is 2.49. The number of pyridine rings is 1. The van der Waals surface area contributed by atoms with Gasteiger partial charge < -0.3 is 19.2 Å². The summed E-state index contributed by atoms with van der Waals surface area (Å²) in [5.41, 5.74) is 2.92. The van der Waals surface area contributed by atoms with E-state index in [0.29, 0.717) is 18.8 Å². The topological polar surface area (TPSA) is 58.7 Å². The lowest BCUT2D eigenvalue weighted by Gasteiger charge is -2.39. The van der Waals surface area contributed by atoms with E-state index in [2.05, 4.69) is 39.0 Å². The Morgan fingerprint density at radius 2 is 1.83 bits per heavy atom. The van der Waals surface area contributed by atoms with Crippen LogP contribution in [0.5, 0.6) is 5.88 Å². The predicted octanol–water partition coefficient (Wildman–Crippen LogP) is 6.72. The van der Waals surface area contributed by atoms with E-state index in [1.165, 1.54) is 0 Å². The van der Waals surface area contributed by atoms with Gasteiger partial charge in [-0.25, -0.2) is 4.98 Å². The van der Waals surface area contributed by atoms with E-state index in [9.17, 15) is 5.11 Å². The van der Waals surface area contributed by atoms with Crippen molar-refractivity contribution in [1.82, 2.24) is 9.88 Å². The molecule has 2 atom stereocenters. The molecule has 0 fully saturated rings. The zero-order valence-electron chi connectivity index (χ0n) is 20.6. The van der Waals surface area contributed by atoms with Crippen molar-refractivity contribution in [2.75, 3.05) is 27.7 Å². The van der Waals surface area contributed by atoms with Crippen LogP contribution in [-0.2, 0) is 5.60 Å². The number of hydrogen-bond donors (Lipinski definition) is 1. The summed E-state index contributed by atoms with van der Waals surface area (Å²) in [7, 11) is 5.67. The Kier molecular flexibility index (Phi) is 6.84. The van der Waals surface area contributed by atoms with Crippen molar-refractivity contribution >= 4 is 37.8 Å². The number of rotatable bonds is 8. The summed E-state index contributed by atoms with van der Waals surface area (Å²) in [6.07, 6.45) is 2.16. The van der Waals surface area contributed by atoms with Crippen molar-refractivity contribution in [3.8, 4) is 5.88 Å². The van der Waals surface area contributed by atoms with Gasteiger partial charge in [0.2, 0.25) is 5.88 Å². The summed E-state index contributed by atoms with van der Waals surface area (Å²) in [4.78, 5) is 6.95. The normalized spacial score (nSPS) is 14.3. The first kappa shape index (κ1) is 24.5. The molecule has 5 rings (SSSR count). The molecule has 5 aromatic rings. The van der Waals surface area contributed by atoms with Crippen LogP contribution < -0.4 is 4.74 Å². The number of methoxy groups -OCH3 is 1. The molecule has 0 aliphatic carbocycles. The van der Waals surface area contributed by atoms with Crippen LogP contribution in [0, 0.1) is 0 Å². The molecule has 184 valence electrons. The van der Waals surface area contributed by atoms with Crippen molar-refractivity contribution in [3.05, 3.63) is 106 Å². The predicted molar refractivity (Wildman–Crippen MR) is 148 cm³/mol. The average molecular weight is 545 g/mol. The van der Waals surface area contributed by atoms with Crippen LogP contribution in [0.1, 0.15) is 29.0 Å². The van der Waals surface area contributed by atoms with Gasteiger partial charge in [0, 0.05) is 33.3 Å². The largest absolute Gasteiger partial charge is 0.481 e. The minimum absolute atomic E-state index is 0.454. The molecule has 5 nitrogen and oxygen atoms in total. The van der Waals surface area contributed by atoms with E-state index in [1.807, 2.05) is 74.8 Å². The SMILES string of the molecule is COc1nc2ccc(Br)cc2cc1C(c1ccccc1)C(O)(CCN(C)C)c1cccc2occc12.